The lowest BCUT2D eigenvalue weighted by atomic mass is 9.97. The smallest absolute Gasteiger partial charge is 0.414 e. The lowest BCUT2D eigenvalue weighted by molar-refractivity contribution is -0.825. The number of fused-ring (bicyclic) bond motifs is 1. The summed E-state index contributed by atoms with van der Waals surface area (Å²) in [6.07, 6.45) is -0.215. The highest BCUT2D eigenvalue weighted by molar-refractivity contribution is 5.66. The van der Waals surface area contributed by atoms with E-state index in [9.17, 15) is 4.79 Å². The topological polar surface area (TPSA) is 26.3 Å². The number of benzene rings is 2. The van der Waals surface area contributed by atoms with Crippen LogP contribution in [0.3, 0.4) is 0 Å². The highest BCUT2D eigenvalue weighted by Gasteiger charge is 2.47. The Balaban J connectivity index is 2.08. The average molecular weight is 309 g/mol. The van der Waals surface area contributed by atoms with Crippen molar-refractivity contribution in [1.82, 2.24) is 0 Å². The molecule has 2 aromatic carbocycles. The largest absolute Gasteiger partial charge is 0.514 e. The van der Waals surface area contributed by atoms with E-state index in [4.69, 9.17) is 4.74 Å². The maximum atomic E-state index is 13.0. The van der Waals surface area contributed by atoms with E-state index >= 15 is 0 Å². The Bertz CT molecular complexity index is 718. The van der Waals surface area contributed by atoms with Gasteiger partial charge in [-0.05, 0) is 26.3 Å². The number of ether oxygens (including phenoxy) is 1. The van der Waals surface area contributed by atoms with Gasteiger partial charge in [-0.15, -0.1) is 18.2 Å². The number of quaternary nitrogens is 1. The fraction of sp³-hybridized carbons (Fsp3) is 0.300. The van der Waals surface area contributed by atoms with E-state index < -0.39 is 5.60 Å². The molecule has 23 heavy (non-hydrogen) atoms. The first-order valence-electron chi connectivity index (χ1n) is 7.91. The molecule has 0 bridgehead atoms. The van der Waals surface area contributed by atoms with Crippen molar-refractivity contribution in [3.05, 3.63) is 77.3 Å². The third-order valence-corrected chi connectivity index (χ3v) is 4.10. The Morgan fingerprint density at radius 3 is 2.30 bits per heavy atom. The summed E-state index contributed by atoms with van der Waals surface area (Å²) >= 11 is 0. The molecule has 0 fully saturated rings. The predicted molar refractivity (Wildman–Crippen MR) is 90.5 cm³/mol. The fourth-order valence-electron chi connectivity index (χ4n) is 3.13. The lowest BCUT2D eigenvalue weighted by Gasteiger charge is -2.37. The molecule has 0 aliphatic carbocycles. The number of hydrogen-bond acceptors (Lipinski definition) is 2. The van der Waals surface area contributed by atoms with Crippen LogP contribution in [0.5, 0.6) is 0 Å². The summed E-state index contributed by atoms with van der Waals surface area (Å²) in [4.78, 5) is 13.0. The van der Waals surface area contributed by atoms with Crippen molar-refractivity contribution in [3.8, 4) is 0 Å². The number of rotatable bonds is 1. The first kappa shape index (κ1) is 15.6. The molecule has 3 nitrogen and oxygen atoms in total. The van der Waals surface area contributed by atoms with Crippen LogP contribution in [0.1, 0.15) is 37.5 Å². The molecule has 0 aromatic heterocycles. The summed E-state index contributed by atoms with van der Waals surface area (Å²) in [5.41, 5.74) is 2.87. The number of amides is 1. The van der Waals surface area contributed by atoms with Crippen LogP contribution in [-0.4, -0.2) is 23.2 Å². The van der Waals surface area contributed by atoms with Gasteiger partial charge in [-0.2, -0.15) is 4.79 Å². The molecule has 1 atom stereocenters. The maximum absolute atomic E-state index is 13.0. The van der Waals surface area contributed by atoms with Gasteiger partial charge in [0, 0.05) is 0 Å². The minimum atomic E-state index is -0.505. The standard InChI is InChI=1S/C20H23NO2/c1-20(2,3)23-19(22)21(4)14-16-12-8-9-13-17(16)18(21)15-10-6-5-7-11-15/h5-13H,14H2,1-4H3. The van der Waals surface area contributed by atoms with Crippen molar-refractivity contribution in [2.24, 2.45) is 0 Å². The van der Waals surface area contributed by atoms with E-state index in [1.54, 1.807) is 0 Å². The van der Waals surface area contributed by atoms with Crippen LogP contribution in [0.15, 0.2) is 54.6 Å². The van der Waals surface area contributed by atoms with Gasteiger partial charge in [-0.3, -0.25) is 0 Å². The van der Waals surface area contributed by atoms with Crippen LogP contribution in [0, 0.1) is 6.04 Å². The molecule has 3 heteroatoms. The number of nitrogens with zero attached hydrogens (tertiary/aromatic N) is 1. The van der Waals surface area contributed by atoms with Crippen LogP contribution >= 0.6 is 0 Å². The zero-order valence-electron chi connectivity index (χ0n) is 14.2. The van der Waals surface area contributed by atoms with Crippen molar-refractivity contribution in [2.75, 3.05) is 7.05 Å². The minimum Gasteiger partial charge on any atom is -0.414 e. The Kier molecular flexibility index (Phi) is 3.69. The van der Waals surface area contributed by atoms with Gasteiger partial charge in [0.15, 0.2) is 0 Å². The molecule has 1 aliphatic rings. The van der Waals surface area contributed by atoms with Gasteiger partial charge in [-0.1, -0.05) is 47.5 Å². The second kappa shape index (κ2) is 5.43. The molecule has 3 rings (SSSR count). The minimum absolute atomic E-state index is 0.140. The van der Waals surface area contributed by atoms with Crippen molar-refractivity contribution in [3.63, 3.8) is 0 Å². The highest BCUT2D eigenvalue weighted by Crippen LogP contribution is 2.43. The van der Waals surface area contributed by atoms with Crippen LogP contribution in [-0.2, 0) is 11.3 Å². The normalized spacial score (nSPS) is 20.3. The van der Waals surface area contributed by atoms with Gasteiger partial charge in [0.1, 0.15) is 5.60 Å². The van der Waals surface area contributed by atoms with Crippen molar-refractivity contribution >= 4 is 6.09 Å². The van der Waals surface area contributed by atoms with E-state index in [1.165, 1.54) is 5.56 Å². The van der Waals surface area contributed by atoms with Gasteiger partial charge in [0.05, 0.1) is 19.6 Å². The molecule has 2 aromatic rings. The average Bonchev–Trinajstić information content (AvgIpc) is 2.80. The Labute approximate surface area is 138 Å². The maximum Gasteiger partial charge on any atom is 0.514 e. The molecule has 0 N–H and O–H groups in total. The molecule has 1 unspecified atom stereocenters. The van der Waals surface area contributed by atoms with Gasteiger partial charge in [-0.25, -0.2) is 4.48 Å². The molecule has 1 aliphatic heterocycles. The van der Waals surface area contributed by atoms with E-state index in [0.717, 1.165) is 17.2 Å². The second-order valence-electron chi connectivity index (χ2n) is 7.20. The zero-order chi connectivity index (χ0) is 16.7. The first-order chi connectivity index (χ1) is 10.8. The summed E-state index contributed by atoms with van der Waals surface area (Å²) in [7, 11) is 1.94. The van der Waals surface area contributed by atoms with Gasteiger partial charge in [0.2, 0.25) is 0 Å². The molecular formula is C20H23NO2. The molecule has 1 amide bonds. The third-order valence-electron chi connectivity index (χ3n) is 4.10. The monoisotopic (exact) mass is 309 g/mol. The predicted octanol–water partition coefficient (Wildman–Crippen LogP) is 4.51. The van der Waals surface area contributed by atoms with Crippen LogP contribution in [0.25, 0.3) is 0 Å². The molecule has 0 spiro atoms. The van der Waals surface area contributed by atoms with E-state index in [1.807, 2.05) is 58.2 Å². The highest BCUT2D eigenvalue weighted by atomic mass is 16.6. The number of carbonyl (C=O) groups is 1. The number of carbonyl (C=O) groups excluding carboxylic acids is 1. The zero-order valence-corrected chi connectivity index (χ0v) is 14.2. The summed E-state index contributed by atoms with van der Waals surface area (Å²) < 4.78 is 5.86. The van der Waals surface area contributed by atoms with Crippen molar-refractivity contribution in [2.45, 2.75) is 32.9 Å². The van der Waals surface area contributed by atoms with E-state index in [0.29, 0.717) is 6.54 Å². The number of hydrogen-bond donors (Lipinski definition) is 0. The van der Waals surface area contributed by atoms with E-state index in [2.05, 4.69) is 24.3 Å². The second-order valence-corrected chi connectivity index (χ2v) is 7.20. The Hall–Kier alpha value is -2.26. The van der Waals surface area contributed by atoms with Gasteiger partial charge < -0.3 is 4.74 Å². The Morgan fingerprint density at radius 2 is 1.65 bits per heavy atom. The SMILES string of the molecule is CC(C)(C)OC(=O)[N+]1(C)Cc2ccccc2[C-]1c1ccccc1. The van der Waals surface area contributed by atoms with Gasteiger partial charge in [0.25, 0.3) is 0 Å². The molecular weight excluding hydrogens is 286 g/mol. The summed E-state index contributed by atoms with van der Waals surface area (Å²) in [5, 5.41) is 0. The first-order valence-corrected chi connectivity index (χ1v) is 7.91. The quantitative estimate of drug-likeness (QED) is 0.572. The molecule has 1 heterocycles. The summed E-state index contributed by atoms with van der Waals surface area (Å²) in [5.74, 6) is 0. The van der Waals surface area contributed by atoms with Crippen LogP contribution < -0.4 is 0 Å². The van der Waals surface area contributed by atoms with E-state index in [-0.39, 0.29) is 10.6 Å². The summed E-state index contributed by atoms with van der Waals surface area (Å²) in [6, 6.07) is 19.3. The summed E-state index contributed by atoms with van der Waals surface area (Å²) in [6.45, 7) is 6.34. The van der Waals surface area contributed by atoms with Crippen molar-refractivity contribution in [1.29, 1.82) is 0 Å². The fourth-order valence-corrected chi connectivity index (χ4v) is 3.13. The Morgan fingerprint density at radius 1 is 1.04 bits per heavy atom. The van der Waals surface area contributed by atoms with Gasteiger partial charge >= 0.3 is 6.09 Å². The lowest BCUT2D eigenvalue weighted by Crippen LogP contribution is -2.50. The van der Waals surface area contributed by atoms with Crippen molar-refractivity contribution < 1.29 is 14.0 Å². The molecule has 120 valence electrons. The molecule has 0 radical (unpaired) electrons. The molecule has 0 saturated heterocycles. The van der Waals surface area contributed by atoms with Crippen LogP contribution in [0.2, 0.25) is 0 Å². The third kappa shape index (κ3) is 2.84. The van der Waals surface area contributed by atoms with Crippen LogP contribution in [0.4, 0.5) is 4.79 Å². The molecule has 0 saturated carbocycles.